The lowest BCUT2D eigenvalue weighted by Gasteiger charge is -2.31. The summed E-state index contributed by atoms with van der Waals surface area (Å²) in [6.07, 6.45) is 40.1. The minimum Gasteiger partial charge on any atom is -0.378 e. The molecule has 2 atom stereocenters. The van der Waals surface area contributed by atoms with Crippen molar-refractivity contribution >= 4 is 0 Å². The normalized spacial score (nSPS) is 13.4. The van der Waals surface area contributed by atoms with Crippen molar-refractivity contribution in [2.24, 2.45) is 0 Å². The number of aliphatic hydroxyl groups is 2. The van der Waals surface area contributed by atoms with Gasteiger partial charge in [-0.25, -0.2) is 0 Å². The van der Waals surface area contributed by atoms with Crippen LogP contribution in [0.5, 0.6) is 0 Å². The molecule has 236 valence electrons. The molecule has 0 aliphatic heterocycles. The highest BCUT2D eigenvalue weighted by molar-refractivity contribution is 4.64. The van der Waals surface area contributed by atoms with E-state index in [1.165, 1.54) is 173 Å². The second-order valence-corrected chi connectivity index (χ2v) is 12.6. The first-order valence-electron chi connectivity index (χ1n) is 18.3. The summed E-state index contributed by atoms with van der Waals surface area (Å²) >= 11 is 0. The van der Waals surface area contributed by atoms with E-state index in [0.717, 1.165) is 13.0 Å². The van der Waals surface area contributed by atoms with E-state index in [9.17, 15) is 10.2 Å². The van der Waals surface area contributed by atoms with Gasteiger partial charge in [-0.05, 0) is 19.3 Å². The molecule has 0 aliphatic carbocycles. The van der Waals surface area contributed by atoms with Crippen LogP contribution in [0.2, 0.25) is 0 Å². The van der Waals surface area contributed by atoms with Gasteiger partial charge in [0.05, 0.1) is 0 Å². The molecule has 3 heteroatoms. The van der Waals surface area contributed by atoms with E-state index < -0.39 is 12.5 Å². The Kier molecular flexibility index (Phi) is 32.3. The van der Waals surface area contributed by atoms with E-state index >= 15 is 0 Å². The molecule has 0 aliphatic rings. The summed E-state index contributed by atoms with van der Waals surface area (Å²) in [6.45, 7) is 7.06. The largest absolute Gasteiger partial charge is 0.378 e. The molecule has 2 N–H and O–H groups in total. The van der Waals surface area contributed by atoms with Crippen LogP contribution >= 0.6 is 0 Å². The van der Waals surface area contributed by atoms with Crippen molar-refractivity contribution in [3.05, 3.63) is 0 Å². The van der Waals surface area contributed by atoms with E-state index in [1.807, 2.05) is 18.7 Å². The fourth-order valence-electron chi connectivity index (χ4n) is 5.93. The molecule has 2 unspecified atom stereocenters. The maximum Gasteiger partial charge on any atom is 0.109 e. The third-order valence-corrected chi connectivity index (χ3v) is 8.77. The lowest BCUT2D eigenvalue weighted by atomic mass is 10.0. The lowest BCUT2D eigenvalue weighted by Crippen LogP contribution is -2.43. The molecule has 0 spiro atoms. The topological polar surface area (TPSA) is 43.7 Å². The highest BCUT2D eigenvalue weighted by Crippen LogP contribution is 2.17. The first-order chi connectivity index (χ1) is 19.2. The maximum atomic E-state index is 10.1. The highest BCUT2D eigenvalue weighted by Gasteiger charge is 2.19. The van der Waals surface area contributed by atoms with Crippen LogP contribution in [-0.2, 0) is 0 Å². The molecular weight excluding hydrogens is 478 g/mol. The van der Waals surface area contributed by atoms with Crippen LogP contribution in [0.1, 0.15) is 213 Å². The molecule has 0 saturated heterocycles. The van der Waals surface area contributed by atoms with Crippen molar-refractivity contribution in [3.8, 4) is 0 Å². The van der Waals surface area contributed by atoms with Gasteiger partial charge in [0.2, 0.25) is 0 Å². The van der Waals surface area contributed by atoms with Gasteiger partial charge in [-0.3, -0.25) is 4.90 Å². The standard InChI is InChI=1S/C36H75NO2/c1-4-7-8-9-10-11-12-13-14-15-16-17-18-19-20-21-22-23-24-25-26-27-28-29-30-31-32-33-34-37(35(38)5-2)36(39)6-3/h35-36,38-39H,4-34H2,1-3H3. The minimum absolute atomic E-state index is 0.506. The second kappa shape index (κ2) is 32.4. The summed E-state index contributed by atoms with van der Waals surface area (Å²) in [6, 6.07) is 0. The fraction of sp³-hybridized carbons (Fsp3) is 1.00. The Bertz CT molecular complexity index is 434. The van der Waals surface area contributed by atoms with E-state index in [-0.39, 0.29) is 0 Å². The molecule has 0 saturated carbocycles. The molecule has 0 radical (unpaired) electrons. The van der Waals surface area contributed by atoms with Crippen molar-refractivity contribution in [1.82, 2.24) is 4.90 Å². The van der Waals surface area contributed by atoms with Gasteiger partial charge in [-0.1, -0.05) is 194 Å². The van der Waals surface area contributed by atoms with Crippen LogP contribution in [0.3, 0.4) is 0 Å². The Hall–Kier alpha value is -0.120. The van der Waals surface area contributed by atoms with Gasteiger partial charge < -0.3 is 10.2 Å². The molecule has 0 heterocycles. The number of nitrogens with zero attached hydrogens (tertiary/aromatic N) is 1. The van der Waals surface area contributed by atoms with E-state index in [1.54, 1.807) is 0 Å². The molecule has 0 amide bonds. The van der Waals surface area contributed by atoms with Crippen LogP contribution in [0.4, 0.5) is 0 Å². The summed E-state index contributed by atoms with van der Waals surface area (Å²) in [7, 11) is 0. The van der Waals surface area contributed by atoms with Gasteiger partial charge in [0.15, 0.2) is 0 Å². The third-order valence-electron chi connectivity index (χ3n) is 8.77. The molecule has 0 aromatic heterocycles. The average molecular weight is 554 g/mol. The molecule has 0 bridgehead atoms. The van der Waals surface area contributed by atoms with Crippen LogP contribution in [-0.4, -0.2) is 34.1 Å². The summed E-state index contributed by atoms with van der Waals surface area (Å²) < 4.78 is 0. The quantitative estimate of drug-likeness (QED) is 0.0627. The zero-order valence-electron chi connectivity index (χ0n) is 27.4. The van der Waals surface area contributed by atoms with Gasteiger partial charge in [0.25, 0.3) is 0 Å². The summed E-state index contributed by atoms with van der Waals surface area (Å²) in [5.41, 5.74) is 0. The predicted molar refractivity (Wildman–Crippen MR) is 174 cm³/mol. The van der Waals surface area contributed by atoms with Gasteiger partial charge in [-0.2, -0.15) is 0 Å². The Morgan fingerprint density at radius 1 is 0.333 bits per heavy atom. The molecule has 3 nitrogen and oxygen atoms in total. The van der Waals surface area contributed by atoms with Crippen molar-refractivity contribution in [3.63, 3.8) is 0 Å². The molecule has 39 heavy (non-hydrogen) atoms. The smallest absolute Gasteiger partial charge is 0.109 e. The number of aliphatic hydroxyl groups excluding tert-OH is 2. The zero-order valence-corrected chi connectivity index (χ0v) is 27.4. The van der Waals surface area contributed by atoms with Crippen LogP contribution < -0.4 is 0 Å². The maximum absolute atomic E-state index is 10.1. The fourth-order valence-corrected chi connectivity index (χ4v) is 5.93. The Morgan fingerprint density at radius 3 is 0.744 bits per heavy atom. The number of rotatable bonds is 33. The predicted octanol–water partition coefficient (Wildman–Crippen LogP) is 11.7. The van der Waals surface area contributed by atoms with Crippen LogP contribution in [0.25, 0.3) is 0 Å². The van der Waals surface area contributed by atoms with Crippen LogP contribution in [0, 0.1) is 0 Å². The molecule has 0 fully saturated rings. The van der Waals surface area contributed by atoms with Crippen molar-refractivity contribution in [2.75, 3.05) is 6.54 Å². The van der Waals surface area contributed by atoms with Crippen molar-refractivity contribution in [2.45, 2.75) is 226 Å². The number of hydrogen-bond acceptors (Lipinski definition) is 3. The van der Waals surface area contributed by atoms with Crippen LogP contribution in [0.15, 0.2) is 0 Å². The van der Waals surface area contributed by atoms with Gasteiger partial charge >= 0.3 is 0 Å². The minimum atomic E-state index is -0.506. The summed E-state index contributed by atoms with van der Waals surface area (Å²) in [4.78, 5) is 1.86. The Labute approximate surface area is 247 Å². The molecule has 0 aromatic rings. The Balaban J connectivity index is 3.20. The van der Waals surface area contributed by atoms with Gasteiger partial charge in [0.1, 0.15) is 12.5 Å². The molecular formula is C36H75NO2. The van der Waals surface area contributed by atoms with E-state index in [4.69, 9.17) is 0 Å². The highest BCUT2D eigenvalue weighted by atomic mass is 16.3. The van der Waals surface area contributed by atoms with Crippen molar-refractivity contribution in [1.29, 1.82) is 0 Å². The Morgan fingerprint density at radius 2 is 0.538 bits per heavy atom. The second-order valence-electron chi connectivity index (χ2n) is 12.6. The summed E-state index contributed by atoms with van der Waals surface area (Å²) in [5, 5.41) is 20.2. The monoisotopic (exact) mass is 554 g/mol. The zero-order chi connectivity index (χ0) is 28.7. The van der Waals surface area contributed by atoms with E-state index in [0.29, 0.717) is 12.8 Å². The first-order valence-corrected chi connectivity index (χ1v) is 18.3. The van der Waals surface area contributed by atoms with Gasteiger partial charge in [0, 0.05) is 6.54 Å². The number of unbranched alkanes of at least 4 members (excludes halogenated alkanes) is 27. The molecule has 0 rings (SSSR count). The molecule has 0 aromatic carbocycles. The average Bonchev–Trinajstić information content (AvgIpc) is 2.95. The summed E-state index contributed by atoms with van der Waals surface area (Å²) in [5.74, 6) is 0. The van der Waals surface area contributed by atoms with Crippen molar-refractivity contribution < 1.29 is 10.2 Å². The first kappa shape index (κ1) is 38.9. The lowest BCUT2D eigenvalue weighted by molar-refractivity contribution is -0.104. The third kappa shape index (κ3) is 27.8. The SMILES string of the molecule is CCCCCCCCCCCCCCCCCCCCCCCCCCCCCCN(C(O)CC)C(O)CC. The van der Waals surface area contributed by atoms with Gasteiger partial charge in [-0.15, -0.1) is 0 Å². The number of hydrogen-bond donors (Lipinski definition) is 2. The van der Waals surface area contributed by atoms with E-state index in [2.05, 4.69) is 6.92 Å².